The average Bonchev–Trinajstić information content (AvgIpc) is 3.45. The highest BCUT2D eigenvalue weighted by Crippen LogP contribution is 2.28. The van der Waals surface area contributed by atoms with E-state index in [0.29, 0.717) is 28.1 Å². The van der Waals surface area contributed by atoms with Crippen molar-refractivity contribution < 1.29 is 28.3 Å². The Morgan fingerprint density at radius 3 is 2.41 bits per heavy atom. The number of aryl methyl sites for hydroxylation is 1. The van der Waals surface area contributed by atoms with Crippen LogP contribution in [0.4, 0.5) is 5.69 Å². The van der Waals surface area contributed by atoms with Gasteiger partial charge in [0.1, 0.15) is 0 Å². The molecule has 186 valence electrons. The molecule has 3 aromatic carbocycles. The van der Waals surface area contributed by atoms with Gasteiger partial charge >= 0.3 is 5.97 Å². The van der Waals surface area contributed by atoms with Crippen molar-refractivity contribution in [2.45, 2.75) is 6.92 Å². The monoisotopic (exact) mass is 497 g/mol. The van der Waals surface area contributed by atoms with Gasteiger partial charge in [0.05, 0.1) is 19.6 Å². The molecule has 0 radical (unpaired) electrons. The lowest BCUT2D eigenvalue weighted by Crippen LogP contribution is -2.18. The molecule has 0 aliphatic rings. The van der Waals surface area contributed by atoms with E-state index >= 15 is 0 Å². The van der Waals surface area contributed by atoms with Crippen molar-refractivity contribution in [3.63, 3.8) is 0 Å². The Bertz CT molecular complexity index is 1440. The Hall–Kier alpha value is -5.18. The van der Waals surface area contributed by atoms with Crippen LogP contribution in [0.25, 0.3) is 0 Å². The summed E-state index contributed by atoms with van der Waals surface area (Å²) < 4.78 is 15.6. The Morgan fingerprint density at radius 2 is 1.68 bits per heavy atom. The van der Waals surface area contributed by atoms with E-state index < -0.39 is 11.9 Å². The number of nitrogens with one attached hydrogen (secondary N) is 2. The summed E-state index contributed by atoms with van der Waals surface area (Å²) >= 11 is 0. The maximum absolute atomic E-state index is 12.6. The first-order valence-electron chi connectivity index (χ1n) is 11.2. The summed E-state index contributed by atoms with van der Waals surface area (Å²) in [6.45, 7) is 1.94. The lowest BCUT2D eigenvalue weighted by atomic mass is 10.1. The quantitative estimate of drug-likeness (QED) is 0.156. The van der Waals surface area contributed by atoms with Gasteiger partial charge in [-0.1, -0.05) is 23.8 Å². The predicted molar refractivity (Wildman–Crippen MR) is 137 cm³/mol. The fraction of sp³-hybridized carbons (Fsp3) is 0.0714. The molecule has 1 aromatic heterocycles. The maximum Gasteiger partial charge on any atom is 0.379 e. The molecule has 0 spiro atoms. The molecule has 1 heterocycles. The van der Waals surface area contributed by atoms with Crippen molar-refractivity contribution in [2.75, 3.05) is 12.4 Å². The molecule has 0 atom stereocenters. The van der Waals surface area contributed by atoms with E-state index in [9.17, 15) is 14.4 Å². The van der Waals surface area contributed by atoms with Crippen LogP contribution in [0.15, 0.2) is 94.6 Å². The van der Waals surface area contributed by atoms with E-state index in [0.717, 1.165) is 5.56 Å². The first-order chi connectivity index (χ1) is 17.9. The highest BCUT2D eigenvalue weighted by Gasteiger charge is 2.15. The van der Waals surface area contributed by atoms with Crippen LogP contribution in [0.5, 0.6) is 11.5 Å². The molecule has 9 nitrogen and oxygen atoms in total. The summed E-state index contributed by atoms with van der Waals surface area (Å²) in [7, 11) is 1.44. The highest BCUT2D eigenvalue weighted by molar-refractivity contribution is 6.05. The van der Waals surface area contributed by atoms with Gasteiger partial charge in [-0.3, -0.25) is 9.59 Å². The molecule has 0 bridgehead atoms. The van der Waals surface area contributed by atoms with Crippen LogP contribution in [-0.2, 0) is 0 Å². The normalized spacial score (nSPS) is 10.6. The van der Waals surface area contributed by atoms with Crippen LogP contribution in [-0.4, -0.2) is 31.1 Å². The minimum Gasteiger partial charge on any atom is -0.493 e. The molecule has 0 unspecified atom stereocenters. The van der Waals surface area contributed by atoms with Crippen LogP contribution in [0.3, 0.4) is 0 Å². The first kappa shape index (κ1) is 24.9. The number of hydrazone groups is 1. The smallest absolute Gasteiger partial charge is 0.379 e. The number of carbonyl (C=O) groups excluding carboxylic acids is 3. The predicted octanol–water partition coefficient (Wildman–Crippen LogP) is 4.83. The third kappa shape index (κ3) is 6.49. The highest BCUT2D eigenvalue weighted by atomic mass is 16.6. The lowest BCUT2D eigenvalue weighted by Gasteiger charge is -2.09. The lowest BCUT2D eigenvalue weighted by molar-refractivity contribution is 0.0696. The summed E-state index contributed by atoms with van der Waals surface area (Å²) in [5.74, 6) is -0.827. The van der Waals surface area contributed by atoms with Gasteiger partial charge in [0.25, 0.3) is 11.8 Å². The van der Waals surface area contributed by atoms with Crippen molar-refractivity contribution >= 4 is 29.7 Å². The van der Waals surface area contributed by atoms with Crippen LogP contribution in [0.2, 0.25) is 0 Å². The van der Waals surface area contributed by atoms with Gasteiger partial charge in [-0.2, -0.15) is 5.10 Å². The Kier molecular flexibility index (Phi) is 7.75. The Labute approximate surface area is 212 Å². The van der Waals surface area contributed by atoms with Gasteiger partial charge in [-0.05, 0) is 73.2 Å². The fourth-order valence-electron chi connectivity index (χ4n) is 3.27. The second-order valence-electron chi connectivity index (χ2n) is 7.88. The van der Waals surface area contributed by atoms with Crippen molar-refractivity contribution in [1.82, 2.24) is 5.43 Å². The average molecular weight is 498 g/mol. The molecule has 4 rings (SSSR count). The number of esters is 1. The van der Waals surface area contributed by atoms with Gasteiger partial charge in [0, 0.05) is 16.8 Å². The molecule has 2 N–H and O–H groups in total. The third-order valence-electron chi connectivity index (χ3n) is 5.19. The number of nitrogens with zero attached hydrogens (tertiary/aromatic N) is 1. The van der Waals surface area contributed by atoms with Crippen molar-refractivity contribution in [3.8, 4) is 11.5 Å². The number of anilines is 1. The van der Waals surface area contributed by atoms with Crippen LogP contribution < -0.4 is 20.2 Å². The molecule has 0 saturated carbocycles. The van der Waals surface area contributed by atoms with E-state index in [-0.39, 0.29) is 17.4 Å². The summed E-state index contributed by atoms with van der Waals surface area (Å²) in [5, 5.41) is 6.76. The SMILES string of the molecule is COc1cc(C=NNC(=O)c2cccc(NC(=O)c3ccc(C)cc3)c2)ccc1OC(=O)c1ccco1. The summed E-state index contributed by atoms with van der Waals surface area (Å²) in [4.78, 5) is 37.1. The number of amides is 2. The zero-order chi connectivity index (χ0) is 26.2. The van der Waals surface area contributed by atoms with Gasteiger partial charge in [0.2, 0.25) is 5.76 Å². The molecule has 37 heavy (non-hydrogen) atoms. The molecule has 0 fully saturated rings. The second kappa shape index (κ2) is 11.5. The summed E-state index contributed by atoms with van der Waals surface area (Å²) in [5.41, 5.74) is 5.40. The first-order valence-corrected chi connectivity index (χ1v) is 11.2. The molecular weight excluding hydrogens is 474 g/mol. The van der Waals surface area contributed by atoms with Crippen LogP contribution in [0.1, 0.15) is 42.4 Å². The van der Waals surface area contributed by atoms with Crippen molar-refractivity contribution in [3.05, 3.63) is 113 Å². The second-order valence-corrected chi connectivity index (χ2v) is 7.88. The summed E-state index contributed by atoms with van der Waals surface area (Å²) in [6.07, 6.45) is 2.79. The third-order valence-corrected chi connectivity index (χ3v) is 5.19. The van der Waals surface area contributed by atoms with Gasteiger partial charge < -0.3 is 19.2 Å². The molecular formula is C28H23N3O6. The zero-order valence-corrected chi connectivity index (χ0v) is 20.1. The van der Waals surface area contributed by atoms with Crippen LogP contribution >= 0.6 is 0 Å². The number of ether oxygens (including phenoxy) is 2. The number of methoxy groups -OCH3 is 1. The molecule has 2 amide bonds. The topological polar surface area (TPSA) is 119 Å². The van der Waals surface area contributed by atoms with Gasteiger partial charge in [-0.15, -0.1) is 0 Å². The fourth-order valence-corrected chi connectivity index (χ4v) is 3.27. The molecule has 0 saturated heterocycles. The maximum atomic E-state index is 12.6. The van der Waals surface area contributed by atoms with E-state index in [2.05, 4.69) is 15.8 Å². The number of hydrogen-bond donors (Lipinski definition) is 2. The van der Waals surface area contributed by atoms with E-state index in [1.807, 2.05) is 19.1 Å². The minimum absolute atomic E-state index is 0.0641. The molecule has 9 heteroatoms. The van der Waals surface area contributed by atoms with E-state index in [1.54, 1.807) is 60.7 Å². The largest absolute Gasteiger partial charge is 0.493 e. The molecule has 0 aliphatic heterocycles. The van der Waals surface area contributed by atoms with Crippen LogP contribution in [0, 0.1) is 6.92 Å². The molecule has 0 aliphatic carbocycles. The van der Waals surface area contributed by atoms with E-state index in [4.69, 9.17) is 13.9 Å². The Balaban J connectivity index is 1.37. The summed E-state index contributed by atoms with van der Waals surface area (Å²) in [6, 6.07) is 21.6. The van der Waals surface area contributed by atoms with Gasteiger partial charge in [0.15, 0.2) is 11.5 Å². The van der Waals surface area contributed by atoms with E-state index in [1.165, 1.54) is 25.7 Å². The van der Waals surface area contributed by atoms with Crippen molar-refractivity contribution in [1.29, 1.82) is 0 Å². The minimum atomic E-state index is -0.658. The Morgan fingerprint density at radius 1 is 0.865 bits per heavy atom. The number of rotatable bonds is 8. The van der Waals surface area contributed by atoms with Gasteiger partial charge in [-0.25, -0.2) is 10.2 Å². The van der Waals surface area contributed by atoms with Crippen molar-refractivity contribution in [2.24, 2.45) is 5.10 Å². The number of hydrogen-bond acceptors (Lipinski definition) is 7. The number of benzene rings is 3. The zero-order valence-electron chi connectivity index (χ0n) is 20.1. The number of carbonyl (C=O) groups is 3. The number of furan rings is 1. The standard InChI is InChI=1S/C28H23N3O6/c1-18-8-11-20(12-9-18)26(32)30-22-6-3-5-21(16-22)27(33)31-29-17-19-10-13-23(25(15-19)35-2)37-28(34)24-7-4-14-36-24/h3-17H,1-2H3,(H,30,32)(H,31,33). The molecule has 4 aromatic rings.